The third-order valence-corrected chi connectivity index (χ3v) is 11.4. The van der Waals surface area contributed by atoms with Crippen LogP contribution in [0.3, 0.4) is 0 Å². The minimum atomic E-state index is -1.32. The molecule has 4 rings (SSSR count). The summed E-state index contributed by atoms with van der Waals surface area (Å²) in [6.45, 7) is 19.4. The fourth-order valence-corrected chi connectivity index (χ4v) is 8.27. The summed E-state index contributed by atoms with van der Waals surface area (Å²) in [5, 5.41) is 34.6. The topological polar surface area (TPSA) is 155 Å². The number of Topliss-reactive ketones (excluding diaryl/α,β-unsaturated/α-hetero) is 1. The van der Waals surface area contributed by atoms with Gasteiger partial charge in [-0.3, -0.25) is 4.79 Å². The molecule has 0 spiro atoms. The molecule has 4 fully saturated rings. The molecule has 3 N–H and O–H groups in total. The Bertz CT molecular complexity index is 1130. The molecule has 15 unspecified atom stereocenters. The molecule has 0 radical (unpaired) electrons. The van der Waals surface area contributed by atoms with Gasteiger partial charge in [-0.1, -0.05) is 34.3 Å². The van der Waals surface area contributed by atoms with Gasteiger partial charge >= 0.3 is 0 Å². The van der Waals surface area contributed by atoms with E-state index in [1.807, 2.05) is 55.4 Å². The van der Waals surface area contributed by atoms with Gasteiger partial charge in [0, 0.05) is 51.9 Å². The SMILES string of the molecule is C=C1C(CC)OC(O)C(C)C(OC2CC(C)(OC)C[C@H](C)O2)C2OC1C(C)C(=O)C(C)C[C@](C)(OC)C2OC1OC(C)CC(N(C)O)C1O. The number of likely N-dealkylation sites (N-methyl/N-ethyl adjacent to an activating group) is 1. The standard InChI is InChI=1S/C36H63NO12/c1-13-25-21(5)29-22(6)27(38)18(2)15-36(9,43-12)32(49-34-28(39)24(37(10)41)14-19(3)45-34)31(48-29)30(23(7)33(40)46-25)47-26-17-35(8,42-11)16-20(4)44-26/h18-20,22-26,28-34,39-41H,5,13-17H2,1-4,6-12H3/t18?,19?,20-,22?,23?,24?,25?,26?,28?,29?,30?,31?,32?,33?,34?,35?,36-/m0/s1. The summed E-state index contributed by atoms with van der Waals surface area (Å²) in [5.74, 6) is -1.88. The van der Waals surface area contributed by atoms with Crippen molar-refractivity contribution >= 4 is 5.78 Å². The van der Waals surface area contributed by atoms with Crippen molar-refractivity contribution in [1.29, 1.82) is 0 Å². The lowest BCUT2D eigenvalue weighted by Crippen LogP contribution is -2.63. The van der Waals surface area contributed by atoms with Crippen molar-refractivity contribution in [2.75, 3.05) is 21.3 Å². The number of rotatable bonds is 8. The second-order valence-corrected chi connectivity index (χ2v) is 15.5. The molecular formula is C36H63NO12. The second kappa shape index (κ2) is 16.3. The number of ketones is 1. The lowest BCUT2D eigenvalue weighted by molar-refractivity contribution is -0.337. The van der Waals surface area contributed by atoms with Crippen molar-refractivity contribution < 1.29 is 58.1 Å². The molecule has 4 heterocycles. The molecule has 13 nitrogen and oxygen atoms in total. The Kier molecular flexibility index (Phi) is 13.5. The number of hydroxylamine groups is 2. The first kappa shape index (κ1) is 40.7. The molecule has 0 aromatic rings. The van der Waals surface area contributed by atoms with Crippen molar-refractivity contribution in [3.8, 4) is 0 Å². The maximum atomic E-state index is 14.1. The first-order valence-electron chi connectivity index (χ1n) is 17.9. The zero-order valence-electron chi connectivity index (χ0n) is 31.4. The Morgan fingerprint density at radius 1 is 0.939 bits per heavy atom. The summed E-state index contributed by atoms with van der Waals surface area (Å²) in [6.07, 6.45) is -7.45. The normalized spacial score (nSPS) is 49.0. The molecule has 0 aromatic heterocycles. The van der Waals surface area contributed by atoms with Crippen molar-refractivity contribution in [2.24, 2.45) is 17.8 Å². The van der Waals surface area contributed by atoms with Crippen LogP contribution in [0, 0.1) is 17.8 Å². The number of fused-ring (bicyclic) bond motifs is 2. The highest BCUT2D eigenvalue weighted by atomic mass is 16.7. The first-order chi connectivity index (χ1) is 22.9. The molecule has 13 heteroatoms. The molecule has 284 valence electrons. The molecule has 0 aromatic carbocycles. The van der Waals surface area contributed by atoms with E-state index >= 15 is 0 Å². The average molecular weight is 702 g/mol. The van der Waals surface area contributed by atoms with E-state index in [9.17, 15) is 20.2 Å². The summed E-state index contributed by atoms with van der Waals surface area (Å²) >= 11 is 0. The van der Waals surface area contributed by atoms with Crippen LogP contribution in [0.4, 0.5) is 0 Å². The van der Waals surface area contributed by atoms with Gasteiger partial charge in [0.1, 0.15) is 24.1 Å². The summed E-state index contributed by atoms with van der Waals surface area (Å²) in [5.41, 5.74) is -1.21. The van der Waals surface area contributed by atoms with Crippen LogP contribution in [0.25, 0.3) is 0 Å². The minimum Gasteiger partial charge on any atom is -0.386 e. The number of hydrogen-bond acceptors (Lipinski definition) is 13. The lowest BCUT2D eigenvalue weighted by Gasteiger charge is -2.49. The Balaban J connectivity index is 1.91. The summed E-state index contributed by atoms with van der Waals surface area (Å²) in [6, 6.07) is -0.677. The van der Waals surface area contributed by atoms with E-state index in [0.717, 1.165) is 5.06 Å². The Morgan fingerprint density at radius 2 is 1.61 bits per heavy atom. The fraction of sp³-hybridized carbons (Fsp3) is 0.917. The highest BCUT2D eigenvalue weighted by Gasteiger charge is 2.56. The van der Waals surface area contributed by atoms with Crippen molar-refractivity contribution in [1.82, 2.24) is 5.06 Å². The summed E-state index contributed by atoms with van der Waals surface area (Å²) in [4.78, 5) is 14.1. The third-order valence-electron chi connectivity index (χ3n) is 11.4. The van der Waals surface area contributed by atoms with Crippen molar-refractivity contribution in [2.45, 2.75) is 172 Å². The third kappa shape index (κ3) is 8.77. The zero-order chi connectivity index (χ0) is 36.6. The van der Waals surface area contributed by atoms with E-state index in [0.29, 0.717) is 31.3 Å². The van der Waals surface area contributed by atoms with Gasteiger partial charge in [0.15, 0.2) is 18.9 Å². The second-order valence-electron chi connectivity index (χ2n) is 15.5. The highest BCUT2D eigenvalue weighted by Crippen LogP contribution is 2.43. The molecule has 0 saturated carbocycles. The number of carbonyl (C=O) groups is 1. The number of nitrogens with zero attached hydrogens (tertiary/aromatic N) is 1. The number of aliphatic hydroxyl groups excluding tert-OH is 2. The fourth-order valence-electron chi connectivity index (χ4n) is 8.27. The van der Waals surface area contributed by atoms with Gasteiger partial charge in [-0.2, -0.15) is 5.06 Å². The van der Waals surface area contributed by atoms with E-state index < -0.39 is 90.5 Å². The molecule has 49 heavy (non-hydrogen) atoms. The van der Waals surface area contributed by atoms with E-state index in [1.54, 1.807) is 14.2 Å². The highest BCUT2D eigenvalue weighted by molar-refractivity contribution is 5.84. The van der Waals surface area contributed by atoms with Crippen LogP contribution in [0.15, 0.2) is 12.2 Å². The van der Waals surface area contributed by atoms with Gasteiger partial charge in [0.25, 0.3) is 0 Å². The van der Waals surface area contributed by atoms with E-state index in [2.05, 4.69) is 6.58 Å². The molecule has 0 amide bonds. The smallest absolute Gasteiger partial charge is 0.185 e. The number of aliphatic hydroxyl groups is 2. The molecule has 4 saturated heterocycles. The number of methoxy groups -OCH3 is 2. The maximum absolute atomic E-state index is 14.1. The van der Waals surface area contributed by atoms with Gasteiger partial charge in [0.05, 0.1) is 47.8 Å². The van der Waals surface area contributed by atoms with Crippen LogP contribution in [0.5, 0.6) is 0 Å². The van der Waals surface area contributed by atoms with Crippen LogP contribution >= 0.6 is 0 Å². The van der Waals surface area contributed by atoms with Crippen molar-refractivity contribution in [3.63, 3.8) is 0 Å². The van der Waals surface area contributed by atoms with E-state index in [1.165, 1.54) is 7.05 Å². The summed E-state index contributed by atoms with van der Waals surface area (Å²) in [7, 11) is 4.69. The van der Waals surface area contributed by atoms with Crippen LogP contribution in [-0.2, 0) is 42.7 Å². The van der Waals surface area contributed by atoms with Gasteiger partial charge in [-0.15, -0.1) is 0 Å². The van der Waals surface area contributed by atoms with Gasteiger partial charge < -0.3 is 53.3 Å². The minimum absolute atomic E-state index is 0.0427. The Morgan fingerprint density at radius 3 is 2.20 bits per heavy atom. The molecular weight excluding hydrogens is 638 g/mol. The van der Waals surface area contributed by atoms with Gasteiger partial charge in [0.2, 0.25) is 0 Å². The zero-order valence-corrected chi connectivity index (χ0v) is 31.4. The molecule has 2 bridgehead atoms. The van der Waals surface area contributed by atoms with Crippen molar-refractivity contribution in [3.05, 3.63) is 12.2 Å². The van der Waals surface area contributed by atoms with Gasteiger partial charge in [-0.25, -0.2) is 0 Å². The average Bonchev–Trinajstić information content (AvgIpc) is 3.09. The maximum Gasteiger partial charge on any atom is 0.185 e. The predicted octanol–water partition coefficient (Wildman–Crippen LogP) is 3.60. The van der Waals surface area contributed by atoms with Crippen LogP contribution in [0.1, 0.15) is 87.5 Å². The molecule has 4 aliphatic rings. The van der Waals surface area contributed by atoms with Crippen LogP contribution in [-0.4, -0.2) is 132 Å². The number of hydrogen-bond donors (Lipinski definition) is 3. The number of ether oxygens (including phenoxy) is 8. The Labute approximate surface area is 292 Å². The molecule has 17 atom stereocenters. The summed E-state index contributed by atoms with van der Waals surface area (Å²) < 4.78 is 51.8. The van der Waals surface area contributed by atoms with Crippen LogP contribution < -0.4 is 0 Å². The largest absolute Gasteiger partial charge is 0.386 e. The van der Waals surface area contributed by atoms with Crippen LogP contribution in [0.2, 0.25) is 0 Å². The molecule has 4 aliphatic heterocycles. The Hall–Kier alpha value is -1.07. The van der Waals surface area contributed by atoms with Gasteiger partial charge in [-0.05, 0) is 52.5 Å². The quantitative estimate of drug-likeness (QED) is 0.250. The van der Waals surface area contributed by atoms with E-state index in [-0.39, 0.29) is 24.4 Å². The van der Waals surface area contributed by atoms with E-state index in [4.69, 9.17) is 37.9 Å². The first-order valence-corrected chi connectivity index (χ1v) is 17.9. The monoisotopic (exact) mass is 701 g/mol. The lowest BCUT2D eigenvalue weighted by atomic mass is 9.79. The molecule has 0 aliphatic carbocycles. The number of carbonyl (C=O) groups excluding carboxylic acids is 1. The predicted molar refractivity (Wildman–Crippen MR) is 179 cm³/mol.